The Hall–Kier alpha value is -0.610. The molecule has 1 saturated carbocycles. The van der Waals surface area contributed by atoms with Crippen molar-refractivity contribution in [3.05, 3.63) is 0 Å². The lowest BCUT2D eigenvalue weighted by atomic mass is 9.89. The van der Waals surface area contributed by atoms with Gasteiger partial charge in [-0.1, -0.05) is 26.7 Å². The maximum absolute atomic E-state index is 12.3. The van der Waals surface area contributed by atoms with E-state index in [-0.39, 0.29) is 12.5 Å². The van der Waals surface area contributed by atoms with Gasteiger partial charge in [-0.15, -0.1) is 0 Å². The predicted octanol–water partition coefficient (Wildman–Crippen LogP) is 1.63. The second-order valence-electron chi connectivity index (χ2n) is 6.91. The van der Waals surface area contributed by atoms with Gasteiger partial charge in [0, 0.05) is 31.7 Å². The topological polar surface area (TPSA) is 52.6 Å². The van der Waals surface area contributed by atoms with E-state index in [0.717, 1.165) is 32.0 Å². The van der Waals surface area contributed by atoms with Crippen LogP contribution in [0.4, 0.5) is 0 Å². The first-order valence-electron chi connectivity index (χ1n) is 8.23. The van der Waals surface area contributed by atoms with E-state index >= 15 is 0 Å². The van der Waals surface area contributed by atoms with Crippen molar-refractivity contribution in [3.63, 3.8) is 0 Å². The third-order valence-corrected chi connectivity index (χ3v) is 4.47. The van der Waals surface area contributed by atoms with Crippen molar-refractivity contribution in [2.45, 2.75) is 52.0 Å². The average molecular weight is 282 g/mol. The van der Waals surface area contributed by atoms with Crippen molar-refractivity contribution in [2.24, 2.45) is 17.8 Å². The molecule has 2 aliphatic rings. The Bertz CT molecular complexity index is 316. The van der Waals surface area contributed by atoms with Crippen LogP contribution in [0.3, 0.4) is 0 Å². The first kappa shape index (κ1) is 15.8. The van der Waals surface area contributed by atoms with Crippen LogP contribution in [0.2, 0.25) is 0 Å². The summed E-state index contributed by atoms with van der Waals surface area (Å²) in [5.74, 6) is 1.96. The van der Waals surface area contributed by atoms with Gasteiger partial charge >= 0.3 is 0 Å². The summed E-state index contributed by atoms with van der Waals surface area (Å²) < 4.78 is 0. The molecule has 0 radical (unpaired) electrons. The van der Waals surface area contributed by atoms with Gasteiger partial charge in [-0.2, -0.15) is 0 Å². The van der Waals surface area contributed by atoms with E-state index < -0.39 is 0 Å². The molecule has 20 heavy (non-hydrogen) atoms. The zero-order valence-electron chi connectivity index (χ0n) is 13.0. The molecule has 0 aromatic carbocycles. The molecule has 1 saturated heterocycles. The monoisotopic (exact) mass is 282 g/mol. The number of carbonyl (C=O) groups excluding carboxylic acids is 1. The minimum atomic E-state index is 0.0905. The quantitative estimate of drug-likeness (QED) is 0.698. The summed E-state index contributed by atoms with van der Waals surface area (Å²) in [6, 6.07) is 0.404. The lowest BCUT2D eigenvalue weighted by Crippen LogP contribution is -2.52. The number of hydrogen-bond acceptors (Lipinski definition) is 3. The number of aliphatic hydroxyl groups is 1. The highest BCUT2D eigenvalue weighted by Crippen LogP contribution is 2.37. The van der Waals surface area contributed by atoms with Crippen LogP contribution in [-0.4, -0.2) is 48.2 Å². The third-order valence-electron chi connectivity index (χ3n) is 4.47. The van der Waals surface area contributed by atoms with Crippen LogP contribution < -0.4 is 5.32 Å². The molecule has 1 heterocycles. The van der Waals surface area contributed by atoms with Crippen LogP contribution in [0.25, 0.3) is 0 Å². The smallest absolute Gasteiger partial charge is 0.225 e. The highest BCUT2D eigenvalue weighted by molar-refractivity contribution is 5.78. The van der Waals surface area contributed by atoms with Crippen molar-refractivity contribution in [3.8, 4) is 0 Å². The molecule has 2 fully saturated rings. The van der Waals surface area contributed by atoms with Crippen molar-refractivity contribution in [1.29, 1.82) is 0 Å². The van der Waals surface area contributed by atoms with E-state index in [1.54, 1.807) is 0 Å². The molecular formula is C16H30N2O2. The third kappa shape index (κ3) is 4.74. The predicted molar refractivity (Wildman–Crippen MR) is 80.4 cm³/mol. The minimum Gasteiger partial charge on any atom is -0.396 e. The highest BCUT2D eigenvalue weighted by atomic mass is 16.3. The number of hydrogen-bond donors (Lipinski definition) is 2. The lowest BCUT2D eigenvalue weighted by molar-refractivity contribution is -0.137. The van der Waals surface area contributed by atoms with Crippen molar-refractivity contribution >= 4 is 5.91 Å². The maximum atomic E-state index is 12.3. The molecule has 1 amide bonds. The molecule has 2 N–H and O–H groups in total. The average Bonchev–Trinajstić information content (AvgIpc) is 3.21. The molecule has 0 bridgehead atoms. The molecule has 116 valence electrons. The molecule has 1 aliphatic carbocycles. The molecule has 0 aromatic heterocycles. The summed E-state index contributed by atoms with van der Waals surface area (Å²) in [4.78, 5) is 14.3. The summed E-state index contributed by atoms with van der Waals surface area (Å²) >= 11 is 0. The van der Waals surface area contributed by atoms with Gasteiger partial charge in [0.2, 0.25) is 5.91 Å². The van der Waals surface area contributed by atoms with Gasteiger partial charge in [-0.05, 0) is 37.6 Å². The van der Waals surface area contributed by atoms with Crippen molar-refractivity contribution < 1.29 is 9.90 Å². The zero-order chi connectivity index (χ0) is 14.5. The molecule has 0 aromatic rings. The van der Waals surface area contributed by atoms with Crippen LogP contribution in [0, 0.1) is 17.8 Å². The number of likely N-dealkylation sites (tertiary alicyclic amines) is 1. The van der Waals surface area contributed by atoms with Gasteiger partial charge < -0.3 is 15.3 Å². The fourth-order valence-corrected chi connectivity index (χ4v) is 3.28. The number of amides is 1. The fraction of sp³-hybridized carbons (Fsp3) is 0.938. The number of nitrogens with zero attached hydrogens (tertiary/aromatic N) is 1. The van der Waals surface area contributed by atoms with Crippen LogP contribution in [0.15, 0.2) is 0 Å². The second-order valence-corrected chi connectivity index (χ2v) is 6.91. The fourth-order valence-electron chi connectivity index (χ4n) is 3.28. The first-order chi connectivity index (χ1) is 9.60. The Morgan fingerprint density at radius 3 is 2.65 bits per heavy atom. The zero-order valence-corrected chi connectivity index (χ0v) is 13.0. The normalized spacial score (nSPS) is 27.1. The molecular weight excluding hydrogens is 252 g/mol. The summed E-state index contributed by atoms with van der Waals surface area (Å²) in [5.41, 5.74) is 0. The summed E-state index contributed by atoms with van der Waals surface area (Å²) in [6.45, 7) is 6.85. The van der Waals surface area contributed by atoms with Gasteiger partial charge in [-0.25, -0.2) is 0 Å². The largest absolute Gasteiger partial charge is 0.396 e. The molecule has 2 unspecified atom stereocenters. The van der Waals surface area contributed by atoms with E-state index in [0.29, 0.717) is 17.9 Å². The molecule has 1 aliphatic heterocycles. The highest BCUT2D eigenvalue weighted by Gasteiger charge is 2.34. The number of piperidine rings is 1. The molecule has 2 atom stereocenters. The van der Waals surface area contributed by atoms with Gasteiger partial charge in [0.05, 0.1) is 0 Å². The SMILES string of the molecule is CC(C)C(=O)N1CC(CC2CC2)CC(NCCCO)C1. The van der Waals surface area contributed by atoms with Crippen LogP contribution in [0.5, 0.6) is 0 Å². The van der Waals surface area contributed by atoms with E-state index in [9.17, 15) is 4.79 Å². The van der Waals surface area contributed by atoms with Crippen LogP contribution in [-0.2, 0) is 4.79 Å². The number of rotatable bonds is 7. The lowest BCUT2D eigenvalue weighted by Gasteiger charge is -2.39. The Balaban J connectivity index is 1.88. The van der Waals surface area contributed by atoms with Gasteiger partial charge in [-0.3, -0.25) is 4.79 Å². The molecule has 4 heteroatoms. The first-order valence-corrected chi connectivity index (χ1v) is 8.23. The van der Waals surface area contributed by atoms with Crippen molar-refractivity contribution in [1.82, 2.24) is 10.2 Å². The van der Waals surface area contributed by atoms with Gasteiger partial charge in [0.15, 0.2) is 0 Å². The van der Waals surface area contributed by atoms with E-state index in [1.807, 2.05) is 13.8 Å². The standard InChI is InChI=1S/C16H30N2O2/c1-12(2)16(20)18-10-14(8-13-4-5-13)9-15(11-18)17-6-3-7-19/h12-15,17,19H,3-11H2,1-2H3. The number of carbonyl (C=O) groups is 1. The van der Waals surface area contributed by atoms with E-state index in [2.05, 4.69) is 10.2 Å². The van der Waals surface area contributed by atoms with Gasteiger partial charge in [0.1, 0.15) is 0 Å². The van der Waals surface area contributed by atoms with Gasteiger partial charge in [0.25, 0.3) is 0 Å². The van der Waals surface area contributed by atoms with Crippen LogP contribution >= 0.6 is 0 Å². The molecule has 4 nitrogen and oxygen atoms in total. The summed E-state index contributed by atoms with van der Waals surface area (Å²) in [6.07, 6.45) is 6.04. The molecule has 0 spiro atoms. The number of aliphatic hydroxyl groups excluding tert-OH is 1. The Labute approximate surface area is 122 Å². The Morgan fingerprint density at radius 1 is 1.30 bits per heavy atom. The van der Waals surface area contributed by atoms with Crippen LogP contribution in [0.1, 0.15) is 46.0 Å². The summed E-state index contributed by atoms with van der Waals surface area (Å²) in [5, 5.41) is 12.4. The van der Waals surface area contributed by atoms with Crippen molar-refractivity contribution in [2.75, 3.05) is 26.2 Å². The van der Waals surface area contributed by atoms with E-state index in [4.69, 9.17) is 5.11 Å². The van der Waals surface area contributed by atoms with E-state index in [1.165, 1.54) is 25.7 Å². The Kier molecular flexibility index (Phi) is 5.85. The Morgan fingerprint density at radius 2 is 2.05 bits per heavy atom. The minimum absolute atomic E-state index is 0.0905. The summed E-state index contributed by atoms with van der Waals surface area (Å²) in [7, 11) is 0. The maximum Gasteiger partial charge on any atom is 0.225 e. The second kappa shape index (κ2) is 7.41. The molecule has 2 rings (SSSR count). The number of nitrogens with one attached hydrogen (secondary N) is 1.